The van der Waals surface area contributed by atoms with Gasteiger partial charge in [0.25, 0.3) is 11.8 Å². The lowest BCUT2D eigenvalue weighted by Gasteiger charge is -2.18. The summed E-state index contributed by atoms with van der Waals surface area (Å²) < 4.78 is 2.03. The fourth-order valence-electron chi connectivity index (χ4n) is 2.67. The maximum absolute atomic E-state index is 12.5. The molecular weight excluding hydrogens is 469 g/mol. The monoisotopic (exact) mass is 483 g/mol. The van der Waals surface area contributed by atoms with Gasteiger partial charge in [-0.1, -0.05) is 32.0 Å². The number of halogens is 2. The Morgan fingerprint density at radius 3 is 2.17 bits per heavy atom. The number of nitrogens with zero attached hydrogens (tertiary/aromatic N) is 1. The van der Waals surface area contributed by atoms with Gasteiger partial charge < -0.3 is 0 Å². The summed E-state index contributed by atoms with van der Waals surface area (Å²) in [5, 5.41) is 0. The van der Waals surface area contributed by atoms with Gasteiger partial charge in [0.2, 0.25) is 0 Å². The minimum Gasteiger partial charge on any atom is -0.270 e. The van der Waals surface area contributed by atoms with Crippen molar-refractivity contribution in [2.75, 3.05) is 0 Å². The quantitative estimate of drug-likeness (QED) is 0.456. The van der Waals surface area contributed by atoms with E-state index in [-0.39, 0.29) is 11.8 Å². The molecular formula is C18H15BrINO2. The zero-order valence-corrected chi connectivity index (χ0v) is 16.5. The molecule has 23 heavy (non-hydrogen) atoms. The summed E-state index contributed by atoms with van der Waals surface area (Å²) in [5.41, 5.74) is 3.15. The van der Waals surface area contributed by atoms with Gasteiger partial charge in [0.15, 0.2) is 0 Å². The average Bonchev–Trinajstić information content (AvgIpc) is 2.76. The number of amides is 2. The molecule has 0 spiro atoms. The van der Waals surface area contributed by atoms with Gasteiger partial charge in [-0.05, 0) is 73.8 Å². The number of hydrogen-bond acceptors (Lipinski definition) is 2. The molecule has 1 aliphatic heterocycles. The summed E-state index contributed by atoms with van der Waals surface area (Å²) in [6.45, 7) is 4.55. The van der Waals surface area contributed by atoms with Crippen molar-refractivity contribution in [1.82, 2.24) is 4.90 Å². The van der Waals surface area contributed by atoms with Gasteiger partial charge >= 0.3 is 0 Å². The van der Waals surface area contributed by atoms with Crippen molar-refractivity contribution >= 4 is 50.3 Å². The van der Waals surface area contributed by atoms with Crippen LogP contribution in [0.1, 0.15) is 51.6 Å². The van der Waals surface area contributed by atoms with Crippen molar-refractivity contribution in [2.24, 2.45) is 0 Å². The van der Waals surface area contributed by atoms with E-state index in [4.69, 9.17) is 0 Å². The molecule has 0 bridgehead atoms. The van der Waals surface area contributed by atoms with Crippen LogP contribution < -0.4 is 0 Å². The van der Waals surface area contributed by atoms with E-state index in [1.165, 1.54) is 10.5 Å². The Labute approximate surface area is 157 Å². The third-order valence-corrected chi connectivity index (χ3v) is 6.64. The Morgan fingerprint density at radius 2 is 1.65 bits per heavy atom. The van der Waals surface area contributed by atoms with Gasteiger partial charge in [0, 0.05) is 8.04 Å². The molecule has 2 amide bonds. The van der Waals surface area contributed by atoms with Gasteiger partial charge in [0.05, 0.1) is 17.7 Å². The van der Waals surface area contributed by atoms with Crippen molar-refractivity contribution in [3.8, 4) is 0 Å². The van der Waals surface area contributed by atoms with Crippen LogP contribution in [-0.4, -0.2) is 16.7 Å². The van der Waals surface area contributed by atoms with Crippen molar-refractivity contribution in [3.63, 3.8) is 0 Å². The average molecular weight is 484 g/mol. The Kier molecular flexibility index (Phi) is 4.60. The Hall–Kier alpha value is -1.21. The molecule has 3 nitrogen and oxygen atoms in total. The molecule has 118 valence electrons. The fraction of sp³-hybridized carbons (Fsp3) is 0.222. The third kappa shape index (κ3) is 2.96. The molecule has 2 aromatic rings. The van der Waals surface area contributed by atoms with Crippen LogP contribution in [0.25, 0.3) is 0 Å². The smallest absolute Gasteiger partial charge is 0.261 e. The van der Waals surface area contributed by atoms with Gasteiger partial charge in [-0.3, -0.25) is 14.5 Å². The lowest BCUT2D eigenvalue weighted by molar-refractivity contribution is 0.0642. The van der Waals surface area contributed by atoms with E-state index in [9.17, 15) is 9.59 Å². The summed E-state index contributed by atoms with van der Waals surface area (Å²) >= 11 is 5.83. The van der Waals surface area contributed by atoms with Gasteiger partial charge in [0.1, 0.15) is 0 Å². The number of fused-ring (bicyclic) bond motifs is 1. The second-order valence-electron chi connectivity index (χ2n) is 5.87. The minimum atomic E-state index is -0.215. The van der Waals surface area contributed by atoms with Crippen molar-refractivity contribution in [1.29, 1.82) is 0 Å². The highest BCUT2D eigenvalue weighted by atomic mass is 127. The first-order chi connectivity index (χ1) is 10.9. The van der Waals surface area contributed by atoms with Crippen molar-refractivity contribution < 1.29 is 9.59 Å². The first-order valence-electron chi connectivity index (χ1n) is 7.33. The topological polar surface area (TPSA) is 37.4 Å². The molecule has 0 aliphatic carbocycles. The van der Waals surface area contributed by atoms with E-state index in [1.807, 2.05) is 0 Å². The molecule has 3 rings (SSSR count). The summed E-state index contributed by atoms with van der Waals surface area (Å²) in [4.78, 5) is 26.4. The fourth-order valence-corrected chi connectivity index (χ4v) is 3.67. The number of rotatable bonds is 3. The molecule has 0 saturated heterocycles. The molecule has 0 aromatic heterocycles. The number of hydrogen-bond donors (Lipinski definition) is 0. The highest BCUT2D eigenvalue weighted by Gasteiger charge is 2.35. The van der Waals surface area contributed by atoms with Crippen LogP contribution in [0.3, 0.4) is 0 Å². The van der Waals surface area contributed by atoms with Crippen LogP contribution in [0.4, 0.5) is 0 Å². The molecule has 1 heterocycles. The number of benzene rings is 2. The predicted molar refractivity (Wildman–Crippen MR) is 102 cm³/mol. The van der Waals surface area contributed by atoms with Crippen LogP contribution in [-0.2, 0) is 6.54 Å². The molecule has 1 aliphatic rings. The number of carbonyl (C=O) groups excluding carboxylic acids is 2. The molecule has 0 saturated carbocycles. The molecule has 0 unspecified atom stereocenters. The normalized spacial score (nSPS) is 13.9. The van der Waals surface area contributed by atoms with Gasteiger partial charge in [-0.15, -0.1) is 0 Å². The molecule has 0 fully saturated rings. The predicted octanol–water partition coefficient (Wildman–Crippen LogP) is 4.97. The third-order valence-electron chi connectivity index (χ3n) is 4.00. The summed E-state index contributed by atoms with van der Waals surface area (Å²) in [6.07, 6.45) is 0. The summed E-state index contributed by atoms with van der Waals surface area (Å²) in [5.74, 6) is -0.0517. The van der Waals surface area contributed by atoms with E-state index < -0.39 is 0 Å². The van der Waals surface area contributed by atoms with Crippen LogP contribution in [0.15, 0.2) is 40.9 Å². The number of carbonyl (C=O) groups is 2. The maximum Gasteiger partial charge on any atom is 0.261 e. The lowest BCUT2D eigenvalue weighted by Crippen LogP contribution is -2.29. The summed E-state index contributed by atoms with van der Waals surface area (Å²) in [6, 6.07) is 11.2. The van der Waals surface area contributed by atoms with Crippen molar-refractivity contribution in [2.45, 2.75) is 26.3 Å². The standard InChI is InChI=1S/C18H15BrINO2/c1-10(2)11-7-12(16(20)15(19)8-11)9-21-17(22)13-5-3-4-6-14(13)18(21)23/h3-8,10H,9H2,1-2H3. The largest absolute Gasteiger partial charge is 0.270 e. The van der Waals surface area contributed by atoms with E-state index in [2.05, 4.69) is 64.5 Å². The SMILES string of the molecule is CC(C)c1cc(Br)c(I)c(CN2C(=O)c3ccccc3C2=O)c1. The summed E-state index contributed by atoms with van der Waals surface area (Å²) in [7, 11) is 0. The van der Waals surface area contributed by atoms with Crippen LogP contribution in [0.2, 0.25) is 0 Å². The Bertz CT molecular complexity index is 782. The Balaban J connectivity index is 1.98. The van der Waals surface area contributed by atoms with Crippen LogP contribution in [0.5, 0.6) is 0 Å². The molecule has 5 heteroatoms. The maximum atomic E-state index is 12.5. The van der Waals surface area contributed by atoms with Crippen LogP contribution in [0, 0.1) is 3.57 Å². The molecule has 2 aromatic carbocycles. The zero-order chi connectivity index (χ0) is 16.7. The lowest BCUT2D eigenvalue weighted by atomic mass is 10.0. The second-order valence-corrected chi connectivity index (χ2v) is 7.81. The molecule has 0 atom stereocenters. The molecule has 0 radical (unpaired) electrons. The van der Waals surface area contributed by atoms with E-state index in [0.29, 0.717) is 23.6 Å². The zero-order valence-electron chi connectivity index (χ0n) is 12.8. The highest BCUT2D eigenvalue weighted by Crippen LogP contribution is 2.31. The first-order valence-corrected chi connectivity index (χ1v) is 9.20. The van der Waals surface area contributed by atoms with E-state index in [1.54, 1.807) is 24.3 Å². The second kappa shape index (κ2) is 6.36. The van der Waals surface area contributed by atoms with Crippen LogP contribution >= 0.6 is 38.5 Å². The highest BCUT2D eigenvalue weighted by molar-refractivity contribution is 14.1. The first kappa shape index (κ1) is 16.6. The number of imide groups is 1. The van der Waals surface area contributed by atoms with Crippen molar-refractivity contribution in [3.05, 3.63) is 66.7 Å². The van der Waals surface area contributed by atoms with Gasteiger partial charge in [-0.25, -0.2) is 0 Å². The van der Waals surface area contributed by atoms with E-state index in [0.717, 1.165) is 13.6 Å². The minimum absolute atomic E-state index is 0.215. The molecule has 0 N–H and O–H groups in total. The Morgan fingerprint density at radius 1 is 1.09 bits per heavy atom. The van der Waals surface area contributed by atoms with Gasteiger partial charge in [-0.2, -0.15) is 0 Å². The van der Waals surface area contributed by atoms with E-state index >= 15 is 0 Å².